The Kier molecular flexibility index (Phi) is 3.78. The van der Waals surface area contributed by atoms with Gasteiger partial charge in [0.05, 0.1) is 0 Å². The quantitative estimate of drug-likeness (QED) is 0.465. The van der Waals surface area contributed by atoms with Crippen LogP contribution in [0.3, 0.4) is 0 Å². The van der Waals surface area contributed by atoms with Gasteiger partial charge in [-0.1, -0.05) is 62.1 Å². The lowest BCUT2D eigenvalue weighted by Crippen LogP contribution is -2.36. The summed E-state index contributed by atoms with van der Waals surface area (Å²) in [5, 5.41) is 3.44. The number of ether oxygens (including phenoxy) is 1. The maximum Gasteiger partial charge on any atom is 0.185 e. The van der Waals surface area contributed by atoms with Gasteiger partial charge < -0.3 is 4.74 Å². The summed E-state index contributed by atoms with van der Waals surface area (Å²) in [6.45, 7) is 8.42. The minimum Gasteiger partial charge on any atom is -0.489 e. The fraction of sp³-hybridized carbons (Fsp3) is 0.200. The molecule has 0 amide bonds. The molecule has 0 unspecified atom stereocenters. The van der Waals surface area contributed by atoms with Crippen molar-refractivity contribution in [2.24, 2.45) is 0 Å². The average Bonchev–Trinajstić information content (AvgIpc) is 2.34. The number of halogens is 1. The van der Waals surface area contributed by atoms with Crippen molar-refractivity contribution in [3.63, 3.8) is 0 Å². The van der Waals surface area contributed by atoms with Gasteiger partial charge in [0, 0.05) is 5.39 Å². The van der Waals surface area contributed by atoms with Gasteiger partial charge >= 0.3 is 0 Å². The third kappa shape index (κ3) is 2.60. The third-order valence-electron chi connectivity index (χ3n) is 2.87. The zero-order valence-electron chi connectivity index (χ0n) is 10.7. The smallest absolute Gasteiger partial charge is 0.185 e. The molecule has 0 heterocycles. The minimum absolute atomic E-state index is 0.502. The molecular formula is C15H17ClOSi. The second-order valence-electron chi connectivity index (χ2n) is 4.74. The molecule has 0 aliphatic heterocycles. The van der Waals surface area contributed by atoms with Crippen LogP contribution in [0.15, 0.2) is 49.1 Å². The zero-order chi connectivity index (χ0) is 13.2. The number of rotatable bonds is 4. The van der Waals surface area contributed by atoms with Gasteiger partial charge in [0.2, 0.25) is 0 Å². The van der Waals surface area contributed by atoms with Crippen molar-refractivity contribution in [1.82, 2.24) is 0 Å². The Morgan fingerprint density at radius 1 is 1.22 bits per heavy atom. The van der Waals surface area contributed by atoms with E-state index in [0.717, 1.165) is 16.3 Å². The van der Waals surface area contributed by atoms with Gasteiger partial charge in [-0.3, -0.25) is 0 Å². The Morgan fingerprint density at radius 3 is 2.61 bits per heavy atom. The maximum absolute atomic E-state index is 6.58. The fourth-order valence-corrected chi connectivity index (χ4v) is 3.68. The first-order valence-corrected chi connectivity index (χ1v) is 10.00. The number of fused-ring (bicyclic) bond motifs is 1. The molecule has 0 saturated carbocycles. The molecule has 2 aromatic rings. The lowest BCUT2D eigenvalue weighted by molar-refractivity contribution is 0.370. The number of hydrogen-bond donors (Lipinski definition) is 0. The molecule has 0 aliphatic carbocycles. The second-order valence-corrected chi connectivity index (χ2v) is 11.1. The Balaban J connectivity index is 2.66. The van der Waals surface area contributed by atoms with Crippen LogP contribution in [0.5, 0.6) is 5.75 Å². The fourth-order valence-electron chi connectivity index (χ4n) is 2.01. The molecule has 1 nitrogen and oxygen atoms in total. The summed E-state index contributed by atoms with van der Waals surface area (Å²) >= 11 is 6.58. The van der Waals surface area contributed by atoms with Gasteiger partial charge in [0.25, 0.3) is 0 Å². The summed E-state index contributed by atoms with van der Waals surface area (Å²) in [7, 11) is -1.93. The highest BCUT2D eigenvalue weighted by Crippen LogP contribution is 2.27. The largest absolute Gasteiger partial charge is 0.489 e. The van der Waals surface area contributed by atoms with Gasteiger partial charge in [-0.15, -0.1) is 0 Å². The first-order chi connectivity index (χ1) is 8.54. The predicted molar refractivity (Wildman–Crippen MR) is 82.6 cm³/mol. The van der Waals surface area contributed by atoms with Gasteiger partial charge in [0.1, 0.15) is 12.4 Å². The van der Waals surface area contributed by atoms with Crippen molar-refractivity contribution in [2.45, 2.75) is 13.1 Å². The van der Waals surface area contributed by atoms with Crippen LogP contribution in [0.25, 0.3) is 10.8 Å². The summed E-state index contributed by atoms with van der Waals surface area (Å²) in [5.41, 5.74) is 0. The summed E-state index contributed by atoms with van der Waals surface area (Å²) in [6, 6.07) is 12.4. The molecule has 0 bridgehead atoms. The van der Waals surface area contributed by atoms with Crippen LogP contribution in [-0.2, 0) is 0 Å². The summed E-state index contributed by atoms with van der Waals surface area (Å²) in [6.07, 6.45) is 1.76. The molecule has 0 aromatic heterocycles. The maximum atomic E-state index is 6.58. The Morgan fingerprint density at radius 2 is 1.94 bits per heavy atom. The van der Waals surface area contributed by atoms with Crippen LogP contribution >= 0.6 is 11.1 Å². The van der Waals surface area contributed by atoms with Crippen molar-refractivity contribution >= 4 is 34.4 Å². The van der Waals surface area contributed by atoms with Crippen LogP contribution in [0.2, 0.25) is 13.1 Å². The van der Waals surface area contributed by atoms with Crippen molar-refractivity contribution < 1.29 is 4.74 Å². The monoisotopic (exact) mass is 276 g/mol. The Bertz CT molecular complexity index is 572. The molecule has 18 heavy (non-hydrogen) atoms. The van der Waals surface area contributed by atoms with Crippen molar-refractivity contribution in [2.75, 3.05) is 6.61 Å². The third-order valence-corrected chi connectivity index (χ3v) is 5.15. The highest BCUT2D eigenvalue weighted by molar-refractivity contribution is 7.26. The van der Waals surface area contributed by atoms with E-state index in [1.165, 1.54) is 5.39 Å². The minimum atomic E-state index is -1.93. The van der Waals surface area contributed by atoms with Crippen molar-refractivity contribution in [3.05, 3.63) is 49.1 Å². The van der Waals surface area contributed by atoms with Crippen LogP contribution in [0.1, 0.15) is 0 Å². The molecule has 0 N–H and O–H groups in total. The van der Waals surface area contributed by atoms with Crippen molar-refractivity contribution in [1.29, 1.82) is 0 Å². The molecule has 0 atom stereocenters. The SMILES string of the molecule is C=CCOc1c([Si](C)(C)Cl)ccc2ccccc12. The molecule has 0 spiro atoms. The van der Waals surface area contributed by atoms with E-state index >= 15 is 0 Å². The molecule has 2 rings (SSSR count). The van der Waals surface area contributed by atoms with E-state index in [0.29, 0.717) is 6.61 Å². The number of hydrogen-bond acceptors (Lipinski definition) is 1. The van der Waals surface area contributed by atoms with Crippen LogP contribution < -0.4 is 9.92 Å². The lowest BCUT2D eigenvalue weighted by Gasteiger charge is -2.20. The summed E-state index contributed by atoms with van der Waals surface area (Å²) in [5.74, 6) is 0.916. The van der Waals surface area contributed by atoms with E-state index in [9.17, 15) is 0 Å². The van der Waals surface area contributed by atoms with E-state index in [-0.39, 0.29) is 0 Å². The number of benzene rings is 2. The topological polar surface area (TPSA) is 9.23 Å². The van der Waals surface area contributed by atoms with Gasteiger partial charge in [-0.05, 0) is 10.6 Å². The zero-order valence-corrected chi connectivity index (χ0v) is 12.5. The highest BCUT2D eigenvalue weighted by Gasteiger charge is 2.25. The predicted octanol–water partition coefficient (Wildman–Crippen LogP) is 4.06. The summed E-state index contributed by atoms with van der Waals surface area (Å²) in [4.78, 5) is 0. The van der Waals surface area contributed by atoms with Gasteiger partial charge in [-0.25, -0.2) is 0 Å². The molecule has 0 aliphatic rings. The van der Waals surface area contributed by atoms with E-state index < -0.39 is 7.38 Å². The molecule has 0 saturated heterocycles. The van der Waals surface area contributed by atoms with Gasteiger partial charge in [-0.2, -0.15) is 11.1 Å². The lowest BCUT2D eigenvalue weighted by atomic mass is 10.1. The van der Waals surface area contributed by atoms with Gasteiger partial charge in [0.15, 0.2) is 7.38 Å². The van der Waals surface area contributed by atoms with Crippen LogP contribution in [0, 0.1) is 0 Å². The van der Waals surface area contributed by atoms with E-state index in [1.54, 1.807) is 6.08 Å². The summed E-state index contributed by atoms with van der Waals surface area (Å²) < 4.78 is 5.86. The van der Waals surface area contributed by atoms with E-state index in [4.69, 9.17) is 15.8 Å². The average molecular weight is 277 g/mol. The Labute approximate surface area is 114 Å². The van der Waals surface area contributed by atoms with Crippen LogP contribution in [0.4, 0.5) is 0 Å². The normalized spacial score (nSPS) is 11.5. The van der Waals surface area contributed by atoms with Crippen molar-refractivity contribution in [3.8, 4) is 5.75 Å². The molecule has 0 fully saturated rings. The van der Waals surface area contributed by atoms with E-state index in [1.807, 2.05) is 12.1 Å². The molecule has 3 heteroatoms. The standard InChI is InChI=1S/C15H17ClOSi/c1-4-11-17-15-13-8-6-5-7-12(13)9-10-14(15)18(2,3)16/h4-10H,1,11H2,2-3H3. The first kappa shape index (κ1) is 13.2. The molecular weight excluding hydrogens is 260 g/mol. The Hall–Kier alpha value is -1.25. The highest BCUT2D eigenvalue weighted by atomic mass is 35.6. The van der Waals surface area contributed by atoms with Crippen LogP contribution in [-0.4, -0.2) is 14.0 Å². The molecule has 0 radical (unpaired) electrons. The van der Waals surface area contributed by atoms with E-state index in [2.05, 4.69) is 43.9 Å². The molecule has 2 aromatic carbocycles. The second kappa shape index (κ2) is 5.17. The molecule has 94 valence electrons. The first-order valence-electron chi connectivity index (χ1n) is 5.99.